The number of hydrogen-bond donors (Lipinski definition) is 1. The van der Waals surface area contributed by atoms with E-state index >= 15 is 0 Å². The Balaban J connectivity index is 2.37. The van der Waals surface area contributed by atoms with E-state index in [-0.39, 0.29) is 11.9 Å². The van der Waals surface area contributed by atoms with Crippen molar-refractivity contribution in [1.29, 1.82) is 0 Å². The van der Waals surface area contributed by atoms with E-state index < -0.39 is 0 Å². The molecule has 2 unspecified atom stereocenters. The summed E-state index contributed by atoms with van der Waals surface area (Å²) in [7, 11) is 0. The van der Waals surface area contributed by atoms with Crippen molar-refractivity contribution in [2.75, 3.05) is 32.9 Å². The van der Waals surface area contributed by atoms with Gasteiger partial charge < -0.3 is 24.8 Å². The second-order valence-electron chi connectivity index (χ2n) is 5.95. The number of amides is 1. The van der Waals surface area contributed by atoms with E-state index in [9.17, 15) is 4.79 Å². The highest BCUT2D eigenvalue weighted by atomic mass is 16.5. The van der Waals surface area contributed by atoms with Crippen LogP contribution in [0.5, 0.6) is 17.2 Å². The normalized spacial score (nSPS) is 20.1. The van der Waals surface area contributed by atoms with Gasteiger partial charge >= 0.3 is 0 Å². The fraction of sp³-hybridized carbons (Fsp3) is 0.611. The topological polar surface area (TPSA) is 74.0 Å². The predicted octanol–water partition coefficient (Wildman–Crippen LogP) is 2.30. The number of carbonyl (C=O) groups excluding carboxylic acids is 1. The summed E-state index contributed by atoms with van der Waals surface area (Å²) in [4.78, 5) is 14.6. The van der Waals surface area contributed by atoms with E-state index in [2.05, 4.69) is 6.92 Å². The molecule has 2 N–H and O–H groups in total. The lowest BCUT2D eigenvalue weighted by Crippen LogP contribution is -2.32. The third-order valence-electron chi connectivity index (χ3n) is 4.11. The third-order valence-corrected chi connectivity index (χ3v) is 4.11. The Labute approximate surface area is 143 Å². The zero-order chi connectivity index (χ0) is 17.7. The number of ether oxygens (including phenoxy) is 3. The molecular formula is C18H28N2O4. The fourth-order valence-electron chi connectivity index (χ4n) is 2.85. The average molecular weight is 336 g/mol. The molecule has 1 aromatic rings. The first-order chi connectivity index (χ1) is 11.5. The summed E-state index contributed by atoms with van der Waals surface area (Å²) in [5, 5.41) is 0. The Morgan fingerprint density at radius 3 is 2.04 bits per heavy atom. The second kappa shape index (κ2) is 8.24. The largest absolute Gasteiger partial charge is 0.490 e. The van der Waals surface area contributed by atoms with Crippen molar-refractivity contribution in [2.45, 2.75) is 33.7 Å². The smallest absolute Gasteiger partial charge is 0.254 e. The Kier molecular flexibility index (Phi) is 6.31. The molecule has 6 nitrogen and oxygen atoms in total. The van der Waals surface area contributed by atoms with Crippen LogP contribution in [0.3, 0.4) is 0 Å². The van der Waals surface area contributed by atoms with Crippen LogP contribution in [-0.2, 0) is 0 Å². The molecule has 0 aliphatic carbocycles. The van der Waals surface area contributed by atoms with Crippen LogP contribution in [0.25, 0.3) is 0 Å². The molecule has 0 radical (unpaired) electrons. The van der Waals surface area contributed by atoms with Crippen molar-refractivity contribution in [3.05, 3.63) is 17.7 Å². The highest BCUT2D eigenvalue weighted by Gasteiger charge is 2.31. The Morgan fingerprint density at radius 1 is 1.08 bits per heavy atom. The van der Waals surface area contributed by atoms with Crippen molar-refractivity contribution in [1.82, 2.24) is 4.90 Å². The van der Waals surface area contributed by atoms with E-state index in [1.54, 1.807) is 17.0 Å². The molecule has 0 saturated carbocycles. The van der Waals surface area contributed by atoms with Crippen LogP contribution < -0.4 is 19.9 Å². The molecule has 2 rings (SSSR count). The van der Waals surface area contributed by atoms with Crippen LogP contribution in [0.15, 0.2) is 12.1 Å². The molecule has 6 heteroatoms. The highest BCUT2D eigenvalue weighted by Crippen LogP contribution is 2.39. The zero-order valence-electron chi connectivity index (χ0n) is 15.0. The minimum atomic E-state index is -0.0558. The predicted molar refractivity (Wildman–Crippen MR) is 93.0 cm³/mol. The molecule has 1 heterocycles. The molecule has 1 aliphatic heterocycles. The SMILES string of the molecule is CCOc1cc(C(=O)N2CC(C)C(N)C2)cc(OCC)c1OCC. The maximum Gasteiger partial charge on any atom is 0.254 e. The van der Waals surface area contributed by atoms with Gasteiger partial charge in [0.25, 0.3) is 5.91 Å². The Hall–Kier alpha value is -1.95. The van der Waals surface area contributed by atoms with Crippen molar-refractivity contribution in [3.8, 4) is 17.2 Å². The maximum absolute atomic E-state index is 12.8. The van der Waals surface area contributed by atoms with E-state index in [0.29, 0.717) is 61.6 Å². The van der Waals surface area contributed by atoms with Gasteiger partial charge in [0.15, 0.2) is 11.5 Å². The molecule has 1 aromatic carbocycles. The number of nitrogens with two attached hydrogens (primary N) is 1. The van der Waals surface area contributed by atoms with Gasteiger partial charge in [-0.05, 0) is 38.8 Å². The Bertz CT molecular complexity index is 539. The van der Waals surface area contributed by atoms with Gasteiger partial charge in [0.05, 0.1) is 19.8 Å². The summed E-state index contributed by atoms with van der Waals surface area (Å²) >= 11 is 0. The third kappa shape index (κ3) is 3.93. The van der Waals surface area contributed by atoms with E-state index in [0.717, 1.165) is 0 Å². The first-order valence-electron chi connectivity index (χ1n) is 8.63. The van der Waals surface area contributed by atoms with E-state index in [1.165, 1.54) is 0 Å². The van der Waals surface area contributed by atoms with Crippen LogP contribution in [0.2, 0.25) is 0 Å². The van der Waals surface area contributed by atoms with Crippen molar-refractivity contribution < 1.29 is 19.0 Å². The summed E-state index contributed by atoms with van der Waals surface area (Å²) in [6.07, 6.45) is 0. The summed E-state index contributed by atoms with van der Waals surface area (Å²) < 4.78 is 17.0. The summed E-state index contributed by atoms with van der Waals surface area (Å²) in [5.74, 6) is 1.86. The molecule has 0 aromatic heterocycles. The lowest BCUT2D eigenvalue weighted by atomic mass is 10.1. The van der Waals surface area contributed by atoms with Gasteiger partial charge in [-0.1, -0.05) is 6.92 Å². The molecule has 0 bridgehead atoms. The molecule has 1 fully saturated rings. The van der Waals surface area contributed by atoms with Crippen LogP contribution in [0.1, 0.15) is 38.1 Å². The fourth-order valence-corrected chi connectivity index (χ4v) is 2.85. The summed E-state index contributed by atoms with van der Waals surface area (Å²) in [5.41, 5.74) is 6.57. The summed E-state index contributed by atoms with van der Waals surface area (Å²) in [6.45, 7) is 10.4. The molecule has 1 saturated heterocycles. The number of likely N-dealkylation sites (tertiary alicyclic amines) is 1. The van der Waals surface area contributed by atoms with Crippen LogP contribution in [0.4, 0.5) is 0 Å². The van der Waals surface area contributed by atoms with Gasteiger partial charge in [0.2, 0.25) is 5.75 Å². The van der Waals surface area contributed by atoms with Crippen LogP contribution >= 0.6 is 0 Å². The molecule has 134 valence electrons. The number of nitrogens with zero attached hydrogens (tertiary/aromatic N) is 1. The molecule has 0 spiro atoms. The maximum atomic E-state index is 12.8. The second-order valence-corrected chi connectivity index (χ2v) is 5.95. The summed E-state index contributed by atoms with van der Waals surface area (Å²) in [6, 6.07) is 3.48. The lowest BCUT2D eigenvalue weighted by Gasteiger charge is -2.20. The van der Waals surface area contributed by atoms with E-state index in [4.69, 9.17) is 19.9 Å². The average Bonchev–Trinajstić information content (AvgIpc) is 2.89. The molecular weight excluding hydrogens is 308 g/mol. The number of rotatable bonds is 7. The highest BCUT2D eigenvalue weighted by molar-refractivity contribution is 5.96. The minimum absolute atomic E-state index is 0.0226. The molecule has 24 heavy (non-hydrogen) atoms. The standard InChI is InChI=1S/C18H28N2O4/c1-5-22-15-8-13(9-16(23-6-2)17(15)24-7-3)18(21)20-10-12(4)14(19)11-20/h8-9,12,14H,5-7,10-11,19H2,1-4H3. The minimum Gasteiger partial charge on any atom is -0.490 e. The Morgan fingerprint density at radius 2 is 1.62 bits per heavy atom. The van der Waals surface area contributed by atoms with E-state index in [1.807, 2.05) is 20.8 Å². The molecule has 2 atom stereocenters. The van der Waals surface area contributed by atoms with Crippen molar-refractivity contribution in [2.24, 2.45) is 11.7 Å². The monoisotopic (exact) mass is 336 g/mol. The van der Waals surface area contributed by atoms with Gasteiger partial charge in [0, 0.05) is 24.7 Å². The van der Waals surface area contributed by atoms with Gasteiger partial charge in [0.1, 0.15) is 0 Å². The first-order valence-corrected chi connectivity index (χ1v) is 8.63. The number of hydrogen-bond acceptors (Lipinski definition) is 5. The van der Waals surface area contributed by atoms with Crippen molar-refractivity contribution >= 4 is 5.91 Å². The van der Waals surface area contributed by atoms with Gasteiger partial charge in [-0.25, -0.2) is 0 Å². The number of benzene rings is 1. The van der Waals surface area contributed by atoms with Crippen LogP contribution in [-0.4, -0.2) is 49.8 Å². The molecule has 1 aliphatic rings. The zero-order valence-corrected chi connectivity index (χ0v) is 15.0. The number of carbonyl (C=O) groups is 1. The van der Waals surface area contributed by atoms with Gasteiger partial charge in [-0.15, -0.1) is 0 Å². The quantitative estimate of drug-likeness (QED) is 0.827. The first kappa shape index (κ1) is 18.4. The molecule has 1 amide bonds. The van der Waals surface area contributed by atoms with Gasteiger partial charge in [-0.2, -0.15) is 0 Å². The van der Waals surface area contributed by atoms with Crippen molar-refractivity contribution in [3.63, 3.8) is 0 Å². The lowest BCUT2D eigenvalue weighted by molar-refractivity contribution is 0.0785. The van der Waals surface area contributed by atoms with Crippen LogP contribution in [0, 0.1) is 5.92 Å². The van der Waals surface area contributed by atoms with Gasteiger partial charge in [-0.3, -0.25) is 4.79 Å².